The molecule has 1 unspecified atom stereocenters. The molecule has 16 heavy (non-hydrogen) atoms. The van der Waals surface area contributed by atoms with E-state index in [0.29, 0.717) is 19.3 Å². The number of hydrogen-bond acceptors (Lipinski definition) is 4. The van der Waals surface area contributed by atoms with Crippen LogP contribution in [0.15, 0.2) is 17.3 Å². The van der Waals surface area contributed by atoms with E-state index in [2.05, 4.69) is 10.2 Å². The fraction of sp³-hybridized carbons (Fsp3) is 0.556. The van der Waals surface area contributed by atoms with Crippen LogP contribution in [0.1, 0.15) is 19.3 Å². The van der Waals surface area contributed by atoms with Gasteiger partial charge in [-0.2, -0.15) is 9.40 Å². The van der Waals surface area contributed by atoms with Crippen molar-refractivity contribution in [2.75, 3.05) is 6.54 Å². The van der Waals surface area contributed by atoms with Crippen LogP contribution in [0, 0.1) is 0 Å². The van der Waals surface area contributed by atoms with Crippen molar-refractivity contribution >= 4 is 16.3 Å². The maximum atomic E-state index is 12.1. The third kappa shape index (κ3) is 1.88. The first kappa shape index (κ1) is 11.3. The second-order valence-electron chi connectivity index (χ2n) is 3.75. The molecule has 0 spiro atoms. The number of aldehydes is 1. The van der Waals surface area contributed by atoms with Crippen molar-refractivity contribution < 1.29 is 13.2 Å². The minimum Gasteiger partial charge on any atom is -0.302 e. The standard InChI is InChI=1S/C9H13N3O3S/c13-7-8-3-1-2-4-12(8)16(14,15)9-5-10-11-6-9/h5-8H,1-4H2,(H,10,11). The molecule has 1 aromatic heterocycles. The molecular weight excluding hydrogens is 230 g/mol. The van der Waals surface area contributed by atoms with Crippen LogP contribution >= 0.6 is 0 Å². The van der Waals surface area contributed by atoms with E-state index in [1.165, 1.54) is 16.7 Å². The predicted molar refractivity (Wildman–Crippen MR) is 56.2 cm³/mol. The molecule has 0 amide bonds. The van der Waals surface area contributed by atoms with E-state index in [4.69, 9.17) is 0 Å². The van der Waals surface area contributed by atoms with Gasteiger partial charge in [0.2, 0.25) is 10.0 Å². The summed E-state index contributed by atoms with van der Waals surface area (Å²) in [6.45, 7) is 0.400. The number of sulfonamides is 1. The van der Waals surface area contributed by atoms with Crippen molar-refractivity contribution in [3.05, 3.63) is 12.4 Å². The first-order valence-corrected chi connectivity index (χ1v) is 6.56. The van der Waals surface area contributed by atoms with Crippen LogP contribution in [0.4, 0.5) is 0 Å². The Bertz CT molecular complexity index is 454. The average Bonchev–Trinajstić information content (AvgIpc) is 2.83. The summed E-state index contributed by atoms with van der Waals surface area (Å²) in [5.41, 5.74) is 0. The van der Waals surface area contributed by atoms with Crippen LogP contribution < -0.4 is 0 Å². The average molecular weight is 243 g/mol. The third-order valence-electron chi connectivity index (χ3n) is 2.74. The largest absolute Gasteiger partial charge is 0.302 e. The Morgan fingerprint density at radius 3 is 2.94 bits per heavy atom. The summed E-state index contributed by atoms with van der Waals surface area (Å²) in [7, 11) is -3.57. The van der Waals surface area contributed by atoms with E-state index in [-0.39, 0.29) is 4.90 Å². The zero-order chi connectivity index (χ0) is 11.6. The first-order chi connectivity index (χ1) is 7.66. The fourth-order valence-corrected chi connectivity index (χ4v) is 3.42. The summed E-state index contributed by atoms with van der Waals surface area (Å²) >= 11 is 0. The highest BCUT2D eigenvalue weighted by atomic mass is 32.2. The summed E-state index contributed by atoms with van der Waals surface area (Å²) in [4.78, 5) is 11.0. The molecule has 2 heterocycles. The number of aromatic amines is 1. The molecule has 1 aliphatic heterocycles. The van der Waals surface area contributed by atoms with Crippen molar-refractivity contribution in [3.63, 3.8) is 0 Å². The lowest BCUT2D eigenvalue weighted by Gasteiger charge is -2.30. The van der Waals surface area contributed by atoms with Gasteiger partial charge in [-0.3, -0.25) is 5.10 Å². The Hall–Kier alpha value is -1.21. The number of piperidine rings is 1. The molecule has 2 rings (SSSR count). The molecule has 88 valence electrons. The summed E-state index contributed by atoms with van der Waals surface area (Å²) in [5.74, 6) is 0. The van der Waals surface area contributed by atoms with Gasteiger partial charge in [-0.05, 0) is 12.8 Å². The second kappa shape index (κ2) is 4.34. The van der Waals surface area contributed by atoms with Crippen molar-refractivity contribution in [1.82, 2.24) is 14.5 Å². The number of carbonyl (C=O) groups is 1. The molecule has 6 nitrogen and oxygen atoms in total. The minimum absolute atomic E-state index is 0.112. The summed E-state index contributed by atoms with van der Waals surface area (Å²) in [6, 6.07) is -0.534. The van der Waals surface area contributed by atoms with Crippen molar-refractivity contribution in [1.29, 1.82) is 0 Å². The summed E-state index contributed by atoms with van der Waals surface area (Å²) in [6.07, 6.45) is 5.57. The van der Waals surface area contributed by atoms with Crippen LogP contribution in [0.3, 0.4) is 0 Å². The number of carbonyl (C=O) groups excluding carboxylic acids is 1. The molecule has 0 aliphatic carbocycles. The Morgan fingerprint density at radius 1 is 1.50 bits per heavy atom. The number of rotatable bonds is 3. The van der Waals surface area contributed by atoms with Crippen LogP contribution in [0.25, 0.3) is 0 Å². The van der Waals surface area contributed by atoms with Crippen LogP contribution in [0.5, 0.6) is 0 Å². The molecule has 1 aromatic rings. The van der Waals surface area contributed by atoms with Gasteiger partial charge in [-0.1, -0.05) is 6.42 Å². The highest BCUT2D eigenvalue weighted by Gasteiger charge is 2.33. The van der Waals surface area contributed by atoms with Gasteiger partial charge >= 0.3 is 0 Å². The van der Waals surface area contributed by atoms with E-state index >= 15 is 0 Å². The maximum absolute atomic E-state index is 12.1. The summed E-state index contributed by atoms with van der Waals surface area (Å²) < 4.78 is 25.5. The molecule has 1 atom stereocenters. The topological polar surface area (TPSA) is 83.1 Å². The van der Waals surface area contributed by atoms with Gasteiger partial charge in [-0.25, -0.2) is 8.42 Å². The fourth-order valence-electron chi connectivity index (χ4n) is 1.88. The zero-order valence-corrected chi connectivity index (χ0v) is 9.48. The third-order valence-corrected chi connectivity index (χ3v) is 4.62. The molecule has 1 saturated heterocycles. The van der Waals surface area contributed by atoms with E-state index in [1.54, 1.807) is 0 Å². The maximum Gasteiger partial charge on any atom is 0.246 e. The molecule has 0 radical (unpaired) electrons. The SMILES string of the molecule is O=CC1CCCCN1S(=O)(=O)c1cn[nH]c1. The number of hydrogen-bond donors (Lipinski definition) is 1. The Balaban J connectivity index is 2.32. The van der Waals surface area contributed by atoms with Gasteiger partial charge in [0.05, 0.1) is 12.2 Å². The highest BCUT2D eigenvalue weighted by Crippen LogP contribution is 2.23. The molecule has 7 heteroatoms. The van der Waals surface area contributed by atoms with Gasteiger partial charge in [0.25, 0.3) is 0 Å². The first-order valence-electron chi connectivity index (χ1n) is 5.12. The summed E-state index contributed by atoms with van der Waals surface area (Å²) in [5, 5.41) is 6.08. The normalized spacial score (nSPS) is 23.1. The van der Waals surface area contributed by atoms with Gasteiger partial charge in [-0.15, -0.1) is 0 Å². The van der Waals surface area contributed by atoms with Gasteiger partial charge < -0.3 is 4.79 Å². The molecule has 0 saturated carbocycles. The molecule has 0 aromatic carbocycles. The molecular formula is C9H13N3O3S. The van der Waals surface area contributed by atoms with E-state index < -0.39 is 16.1 Å². The van der Waals surface area contributed by atoms with Gasteiger partial charge in [0.15, 0.2) is 0 Å². The highest BCUT2D eigenvalue weighted by molar-refractivity contribution is 7.89. The molecule has 1 aliphatic rings. The van der Waals surface area contributed by atoms with Crippen molar-refractivity contribution in [2.45, 2.75) is 30.2 Å². The van der Waals surface area contributed by atoms with E-state index in [9.17, 15) is 13.2 Å². The minimum atomic E-state index is -3.57. The van der Waals surface area contributed by atoms with Gasteiger partial charge in [0.1, 0.15) is 11.2 Å². The second-order valence-corrected chi connectivity index (χ2v) is 5.64. The number of H-pyrrole nitrogens is 1. The van der Waals surface area contributed by atoms with Crippen LogP contribution in [-0.4, -0.2) is 41.8 Å². The number of aromatic nitrogens is 2. The smallest absolute Gasteiger partial charge is 0.246 e. The Labute approximate surface area is 93.7 Å². The monoisotopic (exact) mass is 243 g/mol. The lowest BCUT2D eigenvalue weighted by molar-refractivity contribution is -0.111. The lowest BCUT2D eigenvalue weighted by Crippen LogP contribution is -2.44. The lowest BCUT2D eigenvalue weighted by atomic mass is 10.1. The Kier molecular flexibility index (Phi) is 3.06. The number of nitrogens with one attached hydrogen (secondary N) is 1. The Morgan fingerprint density at radius 2 is 2.31 bits per heavy atom. The van der Waals surface area contributed by atoms with Crippen molar-refractivity contribution in [2.24, 2.45) is 0 Å². The van der Waals surface area contributed by atoms with Crippen LogP contribution in [-0.2, 0) is 14.8 Å². The molecule has 0 bridgehead atoms. The van der Waals surface area contributed by atoms with Gasteiger partial charge in [0, 0.05) is 12.7 Å². The zero-order valence-electron chi connectivity index (χ0n) is 8.67. The molecule has 1 fully saturated rings. The van der Waals surface area contributed by atoms with Crippen LogP contribution in [0.2, 0.25) is 0 Å². The van der Waals surface area contributed by atoms with E-state index in [0.717, 1.165) is 12.8 Å². The quantitative estimate of drug-likeness (QED) is 0.766. The number of nitrogens with zero attached hydrogens (tertiary/aromatic N) is 2. The van der Waals surface area contributed by atoms with Crippen molar-refractivity contribution in [3.8, 4) is 0 Å². The van der Waals surface area contributed by atoms with E-state index in [1.807, 2.05) is 0 Å². The molecule has 1 N–H and O–H groups in total. The predicted octanol–water partition coefficient (Wildman–Crippen LogP) is 0.152.